The third-order valence-electron chi connectivity index (χ3n) is 4.83. The zero-order valence-electron chi connectivity index (χ0n) is 19.7. The maximum absolute atomic E-state index is 13.5. The van der Waals surface area contributed by atoms with Gasteiger partial charge in [-0.2, -0.15) is 13.2 Å². The van der Waals surface area contributed by atoms with E-state index in [1.54, 1.807) is 44.2 Å². The predicted octanol–water partition coefficient (Wildman–Crippen LogP) is 5.61. The van der Waals surface area contributed by atoms with Crippen LogP contribution in [0.1, 0.15) is 46.5 Å². The summed E-state index contributed by atoms with van der Waals surface area (Å²) >= 11 is 0. The van der Waals surface area contributed by atoms with Crippen LogP contribution in [0, 0.1) is 0 Å². The molecule has 0 aliphatic carbocycles. The van der Waals surface area contributed by atoms with E-state index < -0.39 is 44.2 Å². The summed E-state index contributed by atoms with van der Waals surface area (Å²) in [6, 6.07) is 7.23. The van der Waals surface area contributed by atoms with Gasteiger partial charge in [0.2, 0.25) is 0 Å². The Balaban J connectivity index is 2.10. The number of esters is 1. The van der Waals surface area contributed by atoms with E-state index in [1.807, 2.05) is 0 Å². The van der Waals surface area contributed by atoms with E-state index >= 15 is 0 Å². The summed E-state index contributed by atoms with van der Waals surface area (Å²) in [7, 11) is -3.78. The van der Waals surface area contributed by atoms with Crippen LogP contribution in [-0.2, 0) is 23.6 Å². The Morgan fingerprint density at radius 1 is 1.24 bits per heavy atom. The Hall–Kier alpha value is -1.87. The third-order valence-corrected chi connectivity index (χ3v) is 6.97. The van der Waals surface area contributed by atoms with Crippen molar-refractivity contribution in [1.29, 1.82) is 0 Å². The second kappa shape index (κ2) is 13.3. The Kier molecular flexibility index (Phi) is 11.1. The van der Waals surface area contributed by atoms with Gasteiger partial charge in [-0.15, -0.1) is 0 Å². The molecule has 2 unspecified atom stereocenters. The number of nitrogens with one attached hydrogen (secondary N) is 1. The Morgan fingerprint density at radius 2 is 1.94 bits per heavy atom. The molecule has 0 bridgehead atoms. The largest absolute Gasteiger partial charge is 0.462 e. The molecule has 1 aromatic rings. The highest BCUT2D eigenvalue weighted by molar-refractivity contribution is 7.57. The molecule has 0 radical (unpaired) electrons. The van der Waals surface area contributed by atoms with E-state index in [-0.39, 0.29) is 24.4 Å². The molecule has 7 nitrogen and oxygen atoms in total. The van der Waals surface area contributed by atoms with Gasteiger partial charge in [0.1, 0.15) is 11.8 Å². The van der Waals surface area contributed by atoms with Crippen molar-refractivity contribution >= 4 is 13.5 Å². The van der Waals surface area contributed by atoms with E-state index in [0.717, 1.165) is 18.9 Å². The van der Waals surface area contributed by atoms with Gasteiger partial charge in [0.25, 0.3) is 0 Å². The zero-order valence-corrected chi connectivity index (χ0v) is 20.6. The van der Waals surface area contributed by atoms with Crippen LogP contribution in [0.2, 0.25) is 0 Å². The number of carbonyl (C=O) groups excluding carboxylic acids is 1. The number of para-hydroxylation sites is 1. The van der Waals surface area contributed by atoms with Gasteiger partial charge >= 0.3 is 19.7 Å². The average Bonchev–Trinajstić information content (AvgIpc) is 2.76. The van der Waals surface area contributed by atoms with Crippen LogP contribution in [0.5, 0.6) is 5.75 Å². The molecule has 2 rings (SSSR count). The molecule has 1 aromatic carbocycles. The van der Waals surface area contributed by atoms with Gasteiger partial charge in [0.05, 0.1) is 24.4 Å². The van der Waals surface area contributed by atoms with Gasteiger partial charge < -0.3 is 18.7 Å². The summed E-state index contributed by atoms with van der Waals surface area (Å²) in [5, 5.41) is 2.64. The maximum Gasteiger partial charge on any atom is 0.414 e. The summed E-state index contributed by atoms with van der Waals surface area (Å²) in [6.45, 7) is 4.60. The molecule has 1 aliphatic rings. The lowest BCUT2D eigenvalue weighted by Crippen LogP contribution is -2.36. The van der Waals surface area contributed by atoms with Gasteiger partial charge in [-0.25, -0.2) is 5.09 Å². The number of hydrogen-bond acceptors (Lipinski definition) is 6. The van der Waals surface area contributed by atoms with Gasteiger partial charge in [-0.1, -0.05) is 24.3 Å². The van der Waals surface area contributed by atoms with Crippen LogP contribution < -0.4 is 9.61 Å². The fourth-order valence-corrected chi connectivity index (χ4v) is 5.06. The van der Waals surface area contributed by atoms with Crippen molar-refractivity contribution in [2.45, 2.75) is 71.1 Å². The number of ether oxygens (including phenoxy) is 3. The topological polar surface area (TPSA) is 83.1 Å². The quantitative estimate of drug-likeness (QED) is 0.224. The summed E-state index contributed by atoms with van der Waals surface area (Å²) in [5.74, 6) is -0.375. The monoisotopic (exact) mass is 507 g/mol. The van der Waals surface area contributed by atoms with Crippen molar-refractivity contribution < 1.29 is 41.3 Å². The molecule has 3 atom stereocenters. The lowest BCUT2D eigenvalue weighted by atomic mass is 10.2. The molecule has 0 aromatic heterocycles. The first kappa shape index (κ1) is 28.4. The van der Waals surface area contributed by atoms with E-state index in [1.165, 1.54) is 6.92 Å². The lowest BCUT2D eigenvalue weighted by molar-refractivity contribution is -0.169. The van der Waals surface area contributed by atoms with Gasteiger partial charge in [-0.05, 0) is 58.6 Å². The van der Waals surface area contributed by atoms with Crippen LogP contribution in [0.15, 0.2) is 42.0 Å². The SMILES string of the molecule is CC(C)OC(=O)[C@H](C)NP(=O)(CC/C=C(/COC1CCCCO1)C(F)(F)F)Oc1ccccc1. The number of carbonyl (C=O) groups is 1. The molecular formula is C23H33F3NO6P. The molecule has 11 heteroatoms. The zero-order chi connectivity index (χ0) is 25.2. The summed E-state index contributed by atoms with van der Waals surface area (Å²) in [6.07, 6.45) is -2.97. The first-order valence-corrected chi connectivity index (χ1v) is 13.1. The molecular weight excluding hydrogens is 474 g/mol. The van der Waals surface area contributed by atoms with E-state index in [0.29, 0.717) is 13.0 Å². The second-order valence-corrected chi connectivity index (χ2v) is 10.5. The first-order chi connectivity index (χ1) is 16.0. The smallest absolute Gasteiger partial charge is 0.414 e. The number of hydrogen-bond donors (Lipinski definition) is 1. The van der Waals surface area contributed by atoms with Crippen molar-refractivity contribution in [3.05, 3.63) is 42.0 Å². The Bertz CT molecular complexity index is 841. The molecule has 1 heterocycles. The van der Waals surface area contributed by atoms with Crippen molar-refractivity contribution in [3.8, 4) is 5.75 Å². The molecule has 0 saturated carbocycles. The van der Waals surface area contributed by atoms with Gasteiger partial charge in [0, 0.05) is 6.61 Å². The van der Waals surface area contributed by atoms with Crippen LogP contribution in [-0.4, -0.2) is 50.0 Å². The summed E-state index contributed by atoms with van der Waals surface area (Å²) in [5.41, 5.74) is -0.889. The number of allylic oxidation sites excluding steroid dienone is 1. The van der Waals surface area contributed by atoms with Crippen LogP contribution in [0.25, 0.3) is 0 Å². The van der Waals surface area contributed by atoms with Crippen molar-refractivity contribution in [2.24, 2.45) is 0 Å². The summed E-state index contributed by atoms with van der Waals surface area (Å²) < 4.78 is 75.4. The fourth-order valence-electron chi connectivity index (χ4n) is 3.16. The number of benzene rings is 1. The number of rotatable bonds is 12. The minimum atomic E-state index is -4.61. The molecule has 34 heavy (non-hydrogen) atoms. The van der Waals surface area contributed by atoms with Crippen molar-refractivity contribution in [1.82, 2.24) is 5.09 Å². The van der Waals surface area contributed by atoms with E-state index in [9.17, 15) is 22.5 Å². The molecule has 192 valence electrons. The highest BCUT2D eigenvalue weighted by atomic mass is 31.2. The van der Waals surface area contributed by atoms with Crippen LogP contribution in [0.3, 0.4) is 0 Å². The van der Waals surface area contributed by atoms with Gasteiger partial charge in [0.15, 0.2) is 6.29 Å². The maximum atomic E-state index is 13.5. The van der Waals surface area contributed by atoms with Crippen LogP contribution in [0.4, 0.5) is 13.2 Å². The highest BCUT2D eigenvalue weighted by Gasteiger charge is 2.35. The average molecular weight is 507 g/mol. The predicted molar refractivity (Wildman–Crippen MR) is 122 cm³/mol. The molecule has 0 spiro atoms. The van der Waals surface area contributed by atoms with Gasteiger partial charge in [-0.3, -0.25) is 9.36 Å². The third kappa shape index (κ3) is 10.2. The number of alkyl halides is 3. The molecule has 1 saturated heterocycles. The minimum absolute atomic E-state index is 0.215. The standard InChI is InChI=1S/C23H33F3NO6P/c1-17(2)32-22(28)18(3)27-34(29,33-20-11-5-4-6-12-20)15-9-10-19(23(24,25)26)16-31-21-13-7-8-14-30-21/h4-6,10-12,17-18,21H,7-9,13-16H2,1-3H3,(H,27,29)/b19-10-/t18-,21?,34?/m0/s1. The lowest BCUT2D eigenvalue weighted by Gasteiger charge is -2.25. The van der Waals surface area contributed by atoms with Crippen molar-refractivity contribution in [2.75, 3.05) is 19.4 Å². The minimum Gasteiger partial charge on any atom is -0.462 e. The second-order valence-electron chi connectivity index (χ2n) is 8.26. The fraction of sp³-hybridized carbons (Fsp3) is 0.609. The molecule has 1 N–H and O–H groups in total. The Labute approximate surface area is 198 Å². The molecule has 0 amide bonds. The first-order valence-electron chi connectivity index (χ1n) is 11.3. The molecule has 1 fully saturated rings. The summed E-state index contributed by atoms with van der Waals surface area (Å²) in [4.78, 5) is 12.2. The molecule has 1 aliphatic heterocycles. The van der Waals surface area contributed by atoms with E-state index in [4.69, 9.17) is 18.7 Å². The Morgan fingerprint density at radius 3 is 2.53 bits per heavy atom. The normalized spacial score (nSPS) is 20.0. The van der Waals surface area contributed by atoms with Crippen molar-refractivity contribution in [3.63, 3.8) is 0 Å². The van der Waals surface area contributed by atoms with E-state index in [2.05, 4.69) is 5.09 Å². The van der Waals surface area contributed by atoms with Crippen LogP contribution >= 0.6 is 7.52 Å². The highest BCUT2D eigenvalue weighted by Crippen LogP contribution is 2.44. The number of halogens is 3.